The van der Waals surface area contributed by atoms with Gasteiger partial charge in [0, 0.05) is 18.8 Å². The lowest BCUT2D eigenvalue weighted by Crippen LogP contribution is -2.18. The van der Waals surface area contributed by atoms with Crippen LogP contribution in [0.5, 0.6) is 0 Å². The zero-order valence-corrected chi connectivity index (χ0v) is 9.57. The molecule has 0 aromatic heterocycles. The first-order valence-electron chi connectivity index (χ1n) is 5.12. The van der Waals surface area contributed by atoms with Crippen molar-refractivity contribution in [2.45, 2.75) is 20.8 Å². The molecule has 1 aromatic rings. The van der Waals surface area contributed by atoms with Gasteiger partial charge in [-0.3, -0.25) is 0 Å². The molecule has 0 heterocycles. The van der Waals surface area contributed by atoms with Crippen LogP contribution in [0.25, 0.3) is 0 Å². The standard InChI is InChI=1S/C12H20N2/c1-9-5-6-12(11(3)10(9)2)14-8-7-13-4/h5-6,13-14H,7-8H2,1-4H3. The fourth-order valence-corrected chi connectivity index (χ4v) is 1.47. The van der Waals surface area contributed by atoms with Gasteiger partial charge in [0.25, 0.3) is 0 Å². The zero-order chi connectivity index (χ0) is 10.6. The fraction of sp³-hybridized carbons (Fsp3) is 0.500. The van der Waals surface area contributed by atoms with Gasteiger partial charge < -0.3 is 10.6 Å². The van der Waals surface area contributed by atoms with Crippen LogP contribution >= 0.6 is 0 Å². The second-order valence-corrected chi connectivity index (χ2v) is 3.71. The van der Waals surface area contributed by atoms with E-state index in [4.69, 9.17) is 0 Å². The fourth-order valence-electron chi connectivity index (χ4n) is 1.47. The second-order valence-electron chi connectivity index (χ2n) is 3.71. The first-order valence-corrected chi connectivity index (χ1v) is 5.12. The van der Waals surface area contributed by atoms with Crippen molar-refractivity contribution in [3.63, 3.8) is 0 Å². The lowest BCUT2D eigenvalue weighted by Gasteiger charge is -2.13. The Kier molecular flexibility index (Phi) is 3.96. The first-order chi connectivity index (χ1) is 6.66. The molecular weight excluding hydrogens is 172 g/mol. The van der Waals surface area contributed by atoms with Gasteiger partial charge in [-0.25, -0.2) is 0 Å². The van der Waals surface area contributed by atoms with Gasteiger partial charge in [-0.05, 0) is 50.6 Å². The molecule has 0 saturated heterocycles. The summed E-state index contributed by atoms with van der Waals surface area (Å²) in [6.07, 6.45) is 0. The molecule has 0 unspecified atom stereocenters. The lowest BCUT2D eigenvalue weighted by molar-refractivity contribution is 0.823. The maximum absolute atomic E-state index is 3.42. The largest absolute Gasteiger partial charge is 0.384 e. The molecule has 0 spiro atoms. The van der Waals surface area contributed by atoms with Crippen molar-refractivity contribution < 1.29 is 0 Å². The molecule has 0 radical (unpaired) electrons. The van der Waals surface area contributed by atoms with Gasteiger partial charge in [0.1, 0.15) is 0 Å². The number of anilines is 1. The smallest absolute Gasteiger partial charge is 0.0373 e. The van der Waals surface area contributed by atoms with E-state index >= 15 is 0 Å². The molecular formula is C12H20N2. The molecule has 78 valence electrons. The highest BCUT2D eigenvalue weighted by atomic mass is 14.9. The van der Waals surface area contributed by atoms with Crippen molar-refractivity contribution in [2.24, 2.45) is 0 Å². The van der Waals surface area contributed by atoms with Crippen LogP contribution in [0.1, 0.15) is 16.7 Å². The number of hydrogen-bond donors (Lipinski definition) is 2. The Bertz CT molecular complexity index is 305. The van der Waals surface area contributed by atoms with Gasteiger partial charge in [0.15, 0.2) is 0 Å². The first kappa shape index (κ1) is 11.1. The Hall–Kier alpha value is -1.02. The summed E-state index contributed by atoms with van der Waals surface area (Å²) in [5.74, 6) is 0. The van der Waals surface area contributed by atoms with E-state index in [0.29, 0.717) is 0 Å². The van der Waals surface area contributed by atoms with Crippen LogP contribution in [0.15, 0.2) is 12.1 Å². The van der Waals surface area contributed by atoms with Crippen molar-refractivity contribution in [1.29, 1.82) is 0 Å². The summed E-state index contributed by atoms with van der Waals surface area (Å²) in [5.41, 5.74) is 5.37. The average molecular weight is 192 g/mol. The monoisotopic (exact) mass is 192 g/mol. The number of likely N-dealkylation sites (N-methyl/N-ethyl adjacent to an activating group) is 1. The van der Waals surface area contributed by atoms with E-state index in [1.165, 1.54) is 22.4 Å². The summed E-state index contributed by atoms with van der Waals surface area (Å²) in [4.78, 5) is 0. The molecule has 0 bridgehead atoms. The second kappa shape index (κ2) is 5.01. The topological polar surface area (TPSA) is 24.1 Å². The molecule has 0 aliphatic heterocycles. The van der Waals surface area contributed by atoms with Gasteiger partial charge in [-0.2, -0.15) is 0 Å². The number of hydrogen-bond acceptors (Lipinski definition) is 2. The van der Waals surface area contributed by atoms with Gasteiger partial charge in [-0.1, -0.05) is 6.07 Å². The third kappa shape index (κ3) is 2.48. The van der Waals surface area contributed by atoms with E-state index < -0.39 is 0 Å². The van der Waals surface area contributed by atoms with Gasteiger partial charge in [0.2, 0.25) is 0 Å². The predicted octanol–water partition coefficient (Wildman–Crippen LogP) is 2.24. The highest BCUT2D eigenvalue weighted by Gasteiger charge is 2.02. The molecule has 2 nitrogen and oxygen atoms in total. The van der Waals surface area contributed by atoms with Crippen LogP contribution in [0.3, 0.4) is 0 Å². The lowest BCUT2D eigenvalue weighted by atomic mass is 10.0. The van der Waals surface area contributed by atoms with Crippen molar-refractivity contribution in [2.75, 3.05) is 25.5 Å². The van der Waals surface area contributed by atoms with Gasteiger partial charge in [-0.15, -0.1) is 0 Å². The third-order valence-corrected chi connectivity index (χ3v) is 2.75. The Labute approximate surface area is 86.7 Å². The highest BCUT2D eigenvalue weighted by Crippen LogP contribution is 2.20. The van der Waals surface area contributed by atoms with E-state index in [9.17, 15) is 0 Å². The van der Waals surface area contributed by atoms with Gasteiger partial charge in [0.05, 0.1) is 0 Å². The predicted molar refractivity (Wildman–Crippen MR) is 63.1 cm³/mol. The zero-order valence-electron chi connectivity index (χ0n) is 9.57. The van der Waals surface area contributed by atoms with Crippen LogP contribution in [-0.4, -0.2) is 20.1 Å². The summed E-state index contributed by atoms with van der Waals surface area (Å²) < 4.78 is 0. The Morgan fingerprint density at radius 3 is 2.36 bits per heavy atom. The average Bonchev–Trinajstić information content (AvgIpc) is 2.18. The molecule has 0 saturated carbocycles. The van der Waals surface area contributed by atoms with E-state index in [-0.39, 0.29) is 0 Å². The van der Waals surface area contributed by atoms with Gasteiger partial charge >= 0.3 is 0 Å². The molecule has 1 rings (SSSR count). The van der Waals surface area contributed by atoms with Crippen LogP contribution < -0.4 is 10.6 Å². The quantitative estimate of drug-likeness (QED) is 0.715. The normalized spacial score (nSPS) is 10.3. The third-order valence-electron chi connectivity index (χ3n) is 2.75. The molecule has 0 amide bonds. The van der Waals surface area contributed by atoms with E-state index in [1.54, 1.807) is 0 Å². The molecule has 0 atom stereocenters. The molecule has 14 heavy (non-hydrogen) atoms. The minimum absolute atomic E-state index is 0.972. The Morgan fingerprint density at radius 2 is 1.71 bits per heavy atom. The Morgan fingerprint density at radius 1 is 1.00 bits per heavy atom. The maximum atomic E-state index is 3.42. The number of aryl methyl sites for hydroxylation is 1. The Balaban J connectivity index is 2.73. The minimum Gasteiger partial charge on any atom is -0.384 e. The minimum atomic E-state index is 0.972. The van der Waals surface area contributed by atoms with Crippen LogP contribution in [-0.2, 0) is 0 Å². The summed E-state index contributed by atoms with van der Waals surface area (Å²) in [6.45, 7) is 8.46. The summed E-state index contributed by atoms with van der Waals surface area (Å²) in [5, 5.41) is 6.54. The summed E-state index contributed by atoms with van der Waals surface area (Å²) in [6, 6.07) is 4.33. The van der Waals surface area contributed by atoms with E-state index in [0.717, 1.165) is 13.1 Å². The van der Waals surface area contributed by atoms with Crippen LogP contribution in [0.4, 0.5) is 5.69 Å². The highest BCUT2D eigenvalue weighted by molar-refractivity contribution is 5.55. The molecule has 0 fully saturated rings. The number of nitrogens with one attached hydrogen (secondary N) is 2. The van der Waals surface area contributed by atoms with E-state index in [1.807, 2.05) is 7.05 Å². The molecule has 2 N–H and O–H groups in total. The molecule has 2 heteroatoms. The van der Waals surface area contributed by atoms with Crippen molar-refractivity contribution in [1.82, 2.24) is 5.32 Å². The van der Waals surface area contributed by atoms with Crippen LogP contribution in [0.2, 0.25) is 0 Å². The van der Waals surface area contributed by atoms with Crippen molar-refractivity contribution >= 4 is 5.69 Å². The molecule has 0 aliphatic rings. The summed E-state index contributed by atoms with van der Waals surface area (Å²) >= 11 is 0. The molecule has 1 aromatic carbocycles. The number of rotatable bonds is 4. The van der Waals surface area contributed by atoms with Crippen LogP contribution in [0, 0.1) is 20.8 Å². The van der Waals surface area contributed by atoms with Crippen molar-refractivity contribution in [3.8, 4) is 0 Å². The summed E-state index contributed by atoms with van der Waals surface area (Å²) in [7, 11) is 1.97. The molecule has 0 aliphatic carbocycles. The van der Waals surface area contributed by atoms with E-state index in [2.05, 4.69) is 43.5 Å². The van der Waals surface area contributed by atoms with Crippen molar-refractivity contribution in [3.05, 3.63) is 28.8 Å². The number of benzene rings is 1. The SMILES string of the molecule is CNCCNc1ccc(C)c(C)c1C. The maximum Gasteiger partial charge on any atom is 0.0373 e.